The van der Waals surface area contributed by atoms with E-state index in [9.17, 15) is 9.59 Å². The van der Waals surface area contributed by atoms with E-state index < -0.39 is 11.8 Å². The lowest BCUT2D eigenvalue weighted by Gasteiger charge is -2.40. The Morgan fingerprint density at radius 3 is 2.35 bits per heavy atom. The van der Waals surface area contributed by atoms with Crippen molar-refractivity contribution in [2.45, 2.75) is 19.9 Å². The van der Waals surface area contributed by atoms with Crippen LogP contribution in [0.3, 0.4) is 0 Å². The minimum atomic E-state index is -0.665. The molecule has 3 aromatic rings. The molecule has 1 unspecified atom stereocenters. The van der Waals surface area contributed by atoms with Gasteiger partial charge < -0.3 is 15.5 Å². The van der Waals surface area contributed by atoms with Crippen LogP contribution in [0.25, 0.3) is 0 Å². The topological polar surface area (TPSA) is 77.6 Å². The molecule has 7 heteroatoms. The third kappa shape index (κ3) is 5.80. The zero-order valence-corrected chi connectivity index (χ0v) is 19.7. The molecule has 34 heavy (non-hydrogen) atoms. The van der Waals surface area contributed by atoms with Crippen LogP contribution < -0.4 is 15.5 Å². The van der Waals surface area contributed by atoms with Gasteiger partial charge >= 0.3 is 11.8 Å². The summed E-state index contributed by atoms with van der Waals surface area (Å²) in [5.41, 5.74) is 5.05. The number of anilines is 2. The standard InChI is InChI=1S/C27H31N5O2/c1-20-10-11-23(17-21(20)2)30-27(34)26(33)29-19-25(22-7-6-12-28-18-22)32-15-13-31(14-16-32)24-8-4-3-5-9-24/h3-12,17-18,25H,13-16,19H2,1-2H3,(H,29,33)(H,30,34). The fourth-order valence-electron chi connectivity index (χ4n) is 4.24. The van der Waals surface area contributed by atoms with Gasteiger partial charge in [0.05, 0.1) is 6.04 Å². The van der Waals surface area contributed by atoms with E-state index in [0.717, 1.165) is 42.9 Å². The van der Waals surface area contributed by atoms with Crippen LogP contribution in [0.15, 0.2) is 73.1 Å². The van der Waals surface area contributed by atoms with Crippen molar-refractivity contribution in [1.29, 1.82) is 0 Å². The molecule has 1 aliphatic heterocycles. The normalized spacial score (nSPS) is 14.9. The molecule has 4 rings (SSSR count). The third-order valence-corrected chi connectivity index (χ3v) is 6.37. The summed E-state index contributed by atoms with van der Waals surface area (Å²) in [6.45, 7) is 7.78. The molecule has 1 atom stereocenters. The monoisotopic (exact) mass is 457 g/mol. The lowest BCUT2D eigenvalue weighted by molar-refractivity contribution is -0.136. The number of hydrogen-bond donors (Lipinski definition) is 2. The van der Waals surface area contributed by atoms with Crippen molar-refractivity contribution in [3.05, 3.63) is 89.7 Å². The molecule has 2 N–H and O–H groups in total. The second kappa shape index (κ2) is 10.9. The molecule has 7 nitrogen and oxygen atoms in total. The van der Waals surface area contributed by atoms with Gasteiger partial charge in [-0.25, -0.2) is 0 Å². The molecule has 176 valence electrons. The highest BCUT2D eigenvalue weighted by Gasteiger charge is 2.26. The number of carbonyl (C=O) groups excluding carboxylic acids is 2. The van der Waals surface area contributed by atoms with Crippen LogP contribution in [0.5, 0.6) is 0 Å². The number of benzene rings is 2. The fourth-order valence-corrected chi connectivity index (χ4v) is 4.24. The minimum absolute atomic E-state index is 0.0648. The summed E-state index contributed by atoms with van der Waals surface area (Å²) in [5.74, 6) is -1.31. The van der Waals surface area contributed by atoms with Crippen molar-refractivity contribution in [1.82, 2.24) is 15.2 Å². The van der Waals surface area contributed by atoms with Crippen LogP contribution in [0, 0.1) is 13.8 Å². The molecular weight excluding hydrogens is 426 g/mol. The van der Waals surface area contributed by atoms with Gasteiger partial charge in [-0.15, -0.1) is 0 Å². The van der Waals surface area contributed by atoms with E-state index in [1.807, 2.05) is 50.4 Å². The molecule has 2 amide bonds. The summed E-state index contributed by atoms with van der Waals surface area (Å²) in [6, 6.07) is 19.8. The Morgan fingerprint density at radius 1 is 0.912 bits per heavy atom. The number of para-hydroxylation sites is 1. The summed E-state index contributed by atoms with van der Waals surface area (Å²) in [5, 5.41) is 5.53. The first-order valence-corrected chi connectivity index (χ1v) is 11.6. The number of pyridine rings is 1. The Labute approximate surface area is 200 Å². The molecule has 1 fully saturated rings. The number of aryl methyl sites for hydroxylation is 2. The SMILES string of the molecule is Cc1ccc(NC(=O)C(=O)NCC(c2cccnc2)N2CCN(c3ccccc3)CC2)cc1C. The molecule has 2 aromatic carbocycles. The number of hydrogen-bond acceptors (Lipinski definition) is 5. The molecule has 1 aliphatic rings. The maximum atomic E-state index is 12.6. The molecule has 0 radical (unpaired) electrons. The largest absolute Gasteiger partial charge is 0.369 e. The molecule has 2 heterocycles. The van der Waals surface area contributed by atoms with Crippen LogP contribution in [-0.2, 0) is 9.59 Å². The maximum Gasteiger partial charge on any atom is 0.313 e. The lowest BCUT2D eigenvalue weighted by Crippen LogP contribution is -2.50. The van der Waals surface area contributed by atoms with Gasteiger partial charge in [0.15, 0.2) is 0 Å². The summed E-state index contributed by atoms with van der Waals surface area (Å²) in [6.07, 6.45) is 3.57. The van der Waals surface area contributed by atoms with E-state index in [4.69, 9.17) is 0 Å². The van der Waals surface area contributed by atoms with Crippen molar-refractivity contribution in [2.75, 3.05) is 42.9 Å². The minimum Gasteiger partial charge on any atom is -0.369 e. The van der Waals surface area contributed by atoms with Crippen LogP contribution in [-0.4, -0.2) is 54.4 Å². The zero-order chi connectivity index (χ0) is 23.9. The van der Waals surface area contributed by atoms with Crippen molar-refractivity contribution in [3.8, 4) is 0 Å². The fraction of sp³-hybridized carbons (Fsp3) is 0.296. The molecule has 0 aliphatic carbocycles. The van der Waals surface area contributed by atoms with Crippen LogP contribution in [0.4, 0.5) is 11.4 Å². The van der Waals surface area contributed by atoms with E-state index in [0.29, 0.717) is 12.2 Å². The van der Waals surface area contributed by atoms with E-state index >= 15 is 0 Å². The van der Waals surface area contributed by atoms with E-state index in [-0.39, 0.29) is 6.04 Å². The predicted molar refractivity (Wildman–Crippen MR) is 135 cm³/mol. The van der Waals surface area contributed by atoms with Gasteiger partial charge in [0.2, 0.25) is 0 Å². The molecule has 0 saturated carbocycles. The average molecular weight is 458 g/mol. The van der Waals surface area contributed by atoms with E-state index in [2.05, 4.69) is 49.7 Å². The van der Waals surface area contributed by atoms with Crippen molar-refractivity contribution in [3.63, 3.8) is 0 Å². The number of amides is 2. The molecule has 1 aromatic heterocycles. The van der Waals surface area contributed by atoms with Gasteiger partial charge in [-0.2, -0.15) is 0 Å². The Balaban J connectivity index is 1.38. The van der Waals surface area contributed by atoms with Gasteiger partial charge in [0.25, 0.3) is 0 Å². The van der Waals surface area contributed by atoms with Gasteiger partial charge in [-0.1, -0.05) is 30.3 Å². The van der Waals surface area contributed by atoms with E-state index in [1.165, 1.54) is 5.69 Å². The Morgan fingerprint density at radius 2 is 1.68 bits per heavy atom. The molecule has 0 bridgehead atoms. The number of piperazine rings is 1. The Hall–Kier alpha value is -3.71. The lowest BCUT2D eigenvalue weighted by atomic mass is 10.1. The van der Waals surface area contributed by atoms with Gasteiger partial charge in [-0.3, -0.25) is 19.5 Å². The highest BCUT2D eigenvalue weighted by atomic mass is 16.2. The second-order valence-corrected chi connectivity index (χ2v) is 8.62. The summed E-state index contributed by atoms with van der Waals surface area (Å²) < 4.78 is 0. The second-order valence-electron chi connectivity index (χ2n) is 8.62. The van der Waals surface area contributed by atoms with Crippen LogP contribution >= 0.6 is 0 Å². The number of carbonyl (C=O) groups is 2. The first-order chi connectivity index (χ1) is 16.5. The number of aromatic nitrogens is 1. The summed E-state index contributed by atoms with van der Waals surface area (Å²) >= 11 is 0. The maximum absolute atomic E-state index is 12.6. The highest BCUT2D eigenvalue weighted by Crippen LogP contribution is 2.23. The number of nitrogens with one attached hydrogen (secondary N) is 2. The highest BCUT2D eigenvalue weighted by molar-refractivity contribution is 6.39. The zero-order valence-electron chi connectivity index (χ0n) is 19.7. The quantitative estimate of drug-likeness (QED) is 0.556. The van der Waals surface area contributed by atoms with Crippen molar-refractivity contribution >= 4 is 23.2 Å². The Kier molecular flexibility index (Phi) is 7.54. The van der Waals surface area contributed by atoms with Gasteiger partial charge in [0, 0.05) is 56.5 Å². The predicted octanol–water partition coefficient (Wildman–Crippen LogP) is 3.32. The van der Waals surface area contributed by atoms with E-state index in [1.54, 1.807) is 12.3 Å². The molecular formula is C27H31N5O2. The first kappa shape index (κ1) is 23.4. The smallest absolute Gasteiger partial charge is 0.313 e. The molecule has 0 spiro atoms. The van der Waals surface area contributed by atoms with Gasteiger partial charge in [0.1, 0.15) is 0 Å². The third-order valence-electron chi connectivity index (χ3n) is 6.37. The summed E-state index contributed by atoms with van der Waals surface area (Å²) in [7, 11) is 0. The van der Waals surface area contributed by atoms with Crippen molar-refractivity contribution < 1.29 is 9.59 Å². The van der Waals surface area contributed by atoms with Crippen molar-refractivity contribution in [2.24, 2.45) is 0 Å². The van der Waals surface area contributed by atoms with Crippen LogP contribution in [0.2, 0.25) is 0 Å². The van der Waals surface area contributed by atoms with Crippen LogP contribution in [0.1, 0.15) is 22.7 Å². The first-order valence-electron chi connectivity index (χ1n) is 11.6. The number of nitrogens with zero attached hydrogens (tertiary/aromatic N) is 3. The number of rotatable bonds is 6. The summed E-state index contributed by atoms with van der Waals surface area (Å²) in [4.78, 5) is 34.0. The average Bonchev–Trinajstić information content (AvgIpc) is 2.88. The Bertz CT molecular complexity index is 1110. The van der Waals surface area contributed by atoms with Gasteiger partial charge in [-0.05, 0) is 60.9 Å². The molecule has 1 saturated heterocycles.